The molecule has 1 N–H and O–H groups in total. The summed E-state index contributed by atoms with van der Waals surface area (Å²) in [6.45, 7) is 1.36. The van der Waals surface area contributed by atoms with Crippen molar-refractivity contribution in [2.45, 2.75) is 25.5 Å². The van der Waals surface area contributed by atoms with Crippen molar-refractivity contribution in [3.63, 3.8) is 0 Å². The highest BCUT2D eigenvalue weighted by Gasteiger charge is 2.16. The van der Waals surface area contributed by atoms with E-state index < -0.39 is 0 Å². The molecule has 1 fully saturated rings. The third-order valence-electron chi connectivity index (χ3n) is 2.53. The molecule has 7 heteroatoms. The first-order valence-corrected chi connectivity index (χ1v) is 5.51. The van der Waals surface area contributed by atoms with Crippen LogP contribution in [0.2, 0.25) is 0 Å². The third kappa shape index (κ3) is 3.35. The summed E-state index contributed by atoms with van der Waals surface area (Å²) in [6.07, 6.45) is 4.18. The molecule has 0 radical (unpaired) electrons. The third-order valence-corrected chi connectivity index (χ3v) is 2.53. The number of aldehydes is 1. The van der Waals surface area contributed by atoms with Crippen LogP contribution in [0.15, 0.2) is 6.20 Å². The molecule has 1 aromatic heterocycles. The van der Waals surface area contributed by atoms with Crippen LogP contribution in [-0.2, 0) is 16.1 Å². The summed E-state index contributed by atoms with van der Waals surface area (Å²) in [6, 6.07) is 0. The van der Waals surface area contributed by atoms with E-state index in [2.05, 4.69) is 15.6 Å². The van der Waals surface area contributed by atoms with E-state index in [9.17, 15) is 9.59 Å². The summed E-state index contributed by atoms with van der Waals surface area (Å²) in [4.78, 5) is 21.9. The fourth-order valence-electron chi connectivity index (χ4n) is 1.68. The number of nitrogens with zero attached hydrogens (tertiary/aromatic N) is 3. The predicted octanol–water partition coefficient (Wildman–Crippen LogP) is -0.614. The molecule has 1 unspecified atom stereocenters. The molecule has 1 aromatic rings. The number of ether oxygens (including phenoxy) is 1. The molecular formula is C10H14N4O3. The van der Waals surface area contributed by atoms with E-state index in [1.54, 1.807) is 0 Å². The van der Waals surface area contributed by atoms with Gasteiger partial charge in [-0.2, -0.15) is 0 Å². The number of carbonyl (C=O) groups excluding carboxylic acids is 2. The van der Waals surface area contributed by atoms with Gasteiger partial charge in [0, 0.05) is 13.2 Å². The molecule has 1 aliphatic rings. The first-order valence-electron chi connectivity index (χ1n) is 5.51. The van der Waals surface area contributed by atoms with E-state index in [0.717, 1.165) is 19.4 Å². The molecule has 2 heterocycles. The maximum atomic E-state index is 11.5. The summed E-state index contributed by atoms with van der Waals surface area (Å²) in [5.41, 5.74) is 0.219. The van der Waals surface area contributed by atoms with Gasteiger partial charge in [-0.1, -0.05) is 5.21 Å². The summed E-state index contributed by atoms with van der Waals surface area (Å²) in [5.74, 6) is -0.164. The van der Waals surface area contributed by atoms with Crippen LogP contribution in [0.3, 0.4) is 0 Å². The van der Waals surface area contributed by atoms with Gasteiger partial charge in [0.05, 0.1) is 12.3 Å². The molecular weight excluding hydrogens is 224 g/mol. The topological polar surface area (TPSA) is 86.1 Å². The van der Waals surface area contributed by atoms with E-state index in [1.807, 2.05) is 0 Å². The van der Waals surface area contributed by atoms with Gasteiger partial charge in [-0.25, -0.2) is 4.68 Å². The smallest absolute Gasteiger partial charge is 0.241 e. The number of amides is 1. The Morgan fingerprint density at radius 1 is 1.71 bits per heavy atom. The zero-order valence-corrected chi connectivity index (χ0v) is 9.33. The van der Waals surface area contributed by atoms with E-state index in [0.29, 0.717) is 12.8 Å². The Kier molecular flexibility index (Phi) is 3.81. The lowest BCUT2D eigenvalue weighted by molar-refractivity contribution is -0.122. The van der Waals surface area contributed by atoms with Crippen molar-refractivity contribution >= 4 is 12.2 Å². The van der Waals surface area contributed by atoms with E-state index in [4.69, 9.17) is 4.74 Å². The van der Waals surface area contributed by atoms with Crippen LogP contribution in [0.25, 0.3) is 0 Å². The van der Waals surface area contributed by atoms with Gasteiger partial charge in [-0.3, -0.25) is 9.59 Å². The van der Waals surface area contributed by atoms with Crippen LogP contribution in [0.1, 0.15) is 23.3 Å². The van der Waals surface area contributed by atoms with Crippen LogP contribution in [0.5, 0.6) is 0 Å². The zero-order valence-electron chi connectivity index (χ0n) is 9.33. The van der Waals surface area contributed by atoms with Crippen molar-refractivity contribution < 1.29 is 14.3 Å². The second kappa shape index (κ2) is 5.53. The second-order valence-electron chi connectivity index (χ2n) is 3.90. The zero-order chi connectivity index (χ0) is 12.1. The number of nitrogens with one attached hydrogen (secondary N) is 1. The van der Waals surface area contributed by atoms with E-state index >= 15 is 0 Å². The average molecular weight is 238 g/mol. The minimum Gasteiger partial charge on any atom is -0.376 e. The summed E-state index contributed by atoms with van der Waals surface area (Å²) in [5, 5.41) is 9.98. The lowest BCUT2D eigenvalue weighted by Gasteiger charge is -2.10. The molecule has 1 atom stereocenters. The van der Waals surface area contributed by atoms with Crippen LogP contribution in [0.4, 0.5) is 0 Å². The second-order valence-corrected chi connectivity index (χ2v) is 3.90. The molecule has 0 aromatic carbocycles. The van der Waals surface area contributed by atoms with Crippen molar-refractivity contribution in [3.8, 4) is 0 Å². The Bertz CT molecular complexity index is 398. The molecule has 1 aliphatic heterocycles. The normalized spacial score (nSPS) is 19.2. The van der Waals surface area contributed by atoms with Crippen LogP contribution in [-0.4, -0.2) is 46.4 Å². The minimum absolute atomic E-state index is 0.0631. The Hall–Kier alpha value is -1.76. The summed E-state index contributed by atoms with van der Waals surface area (Å²) in [7, 11) is 0. The molecule has 0 aliphatic carbocycles. The van der Waals surface area contributed by atoms with Crippen molar-refractivity contribution in [2.75, 3.05) is 13.2 Å². The van der Waals surface area contributed by atoms with Gasteiger partial charge in [-0.15, -0.1) is 5.10 Å². The van der Waals surface area contributed by atoms with Gasteiger partial charge in [0.1, 0.15) is 12.2 Å². The van der Waals surface area contributed by atoms with Gasteiger partial charge in [-0.05, 0) is 12.8 Å². The van der Waals surface area contributed by atoms with Gasteiger partial charge in [0.25, 0.3) is 0 Å². The fourth-order valence-corrected chi connectivity index (χ4v) is 1.68. The number of aromatic nitrogens is 3. The van der Waals surface area contributed by atoms with Crippen molar-refractivity contribution in [2.24, 2.45) is 0 Å². The standard InChI is InChI=1S/C10H14N4O3/c15-7-8-5-14(13-12-8)6-10(16)11-4-9-2-1-3-17-9/h5,7,9H,1-4,6H2,(H,11,16). The molecule has 92 valence electrons. The Morgan fingerprint density at radius 3 is 3.24 bits per heavy atom. The average Bonchev–Trinajstić information content (AvgIpc) is 2.97. The molecule has 0 bridgehead atoms. The highest BCUT2D eigenvalue weighted by molar-refractivity contribution is 5.76. The van der Waals surface area contributed by atoms with Crippen LogP contribution in [0, 0.1) is 0 Å². The summed E-state index contributed by atoms with van der Waals surface area (Å²) < 4.78 is 6.71. The molecule has 2 rings (SSSR count). The SMILES string of the molecule is O=Cc1cn(CC(=O)NCC2CCCO2)nn1. The largest absolute Gasteiger partial charge is 0.376 e. The summed E-state index contributed by atoms with van der Waals surface area (Å²) >= 11 is 0. The molecule has 7 nitrogen and oxygen atoms in total. The van der Waals surface area contributed by atoms with E-state index in [1.165, 1.54) is 10.9 Å². The van der Waals surface area contributed by atoms with Gasteiger partial charge in [0.2, 0.25) is 5.91 Å². The van der Waals surface area contributed by atoms with Crippen molar-refractivity contribution in [3.05, 3.63) is 11.9 Å². The lowest BCUT2D eigenvalue weighted by atomic mass is 10.2. The van der Waals surface area contributed by atoms with Crippen LogP contribution >= 0.6 is 0 Å². The highest BCUT2D eigenvalue weighted by Crippen LogP contribution is 2.10. The Balaban J connectivity index is 1.74. The maximum Gasteiger partial charge on any atom is 0.241 e. The van der Waals surface area contributed by atoms with Gasteiger partial charge >= 0.3 is 0 Å². The van der Waals surface area contributed by atoms with Gasteiger partial charge < -0.3 is 10.1 Å². The number of carbonyl (C=O) groups is 2. The molecule has 0 saturated carbocycles. The first-order chi connectivity index (χ1) is 8.28. The highest BCUT2D eigenvalue weighted by atomic mass is 16.5. The number of hydrogen-bond donors (Lipinski definition) is 1. The Morgan fingerprint density at radius 2 is 2.59 bits per heavy atom. The maximum absolute atomic E-state index is 11.5. The lowest BCUT2D eigenvalue weighted by Crippen LogP contribution is -2.34. The minimum atomic E-state index is -0.164. The van der Waals surface area contributed by atoms with Gasteiger partial charge in [0.15, 0.2) is 6.29 Å². The molecule has 1 saturated heterocycles. The molecule has 17 heavy (non-hydrogen) atoms. The molecule has 0 spiro atoms. The van der Waals surface area contributed by atoms with Crippen molar-refractivity contribution in [1.29, 1.82) is 0 Å². The van der Waals surface area contributed by atoms with Crippen LogP contribution < -0.4 is 5.32 Å². The first kappa shape index (κ1) is 11.7. The Labute approximate surface area is 98.1 Å². The number of rotatable bonds is 5. The quantitative estimate of drug-likeness (QED) is 0.691. The monoisotopic (exact) mass is 238 g/mol. The van der Waals surface area contributed by atoms with E-state index in [-0.39, 0.29) is 24.2 Å². The molecule has 1 amide bonds. The fraction of sp³-hybridized carbons (Fsp3) is 0.600. The van der Waals surface area contributed by atoms with Crippen molar-refractivity contribution in [1.82, 2.24) is 20.3 Å². The predicted molar refractivity (Wildman–Crippen MR) is 57.4 cm³/mol. The number of hydrogen-bond acceptors (Lipinski definition) is 5.